The van der Waals surface area contributed by atoms with Crippen molar-refractivity contribution in [1.29, 1.82) is 0 Å². The summed E-state index contributed by atoms with van der Waals surface area (Å²) in [7, 11) is 0. The Kier molecular flexibility index (Phi) is 2.44. The highest BCUT2D eigenvalue weighted by molar-refractivity contribution is 7.07. The van der Waals surface area contributed by atoms with Crippen molar-refractivity contribution in [3.8, 4) is 0 Å². The molecule has 0 aromatic carbocycles. The molecule has 12 heavy (non-hydrogen) atoms. The second kappa shape index (κ2) is 3.56. The van der Waals surface area contributed by atoms with Crippen LogP contribution in [0.5, 0.6) is 0 Å². The number of halogens is 1. The fourth-order valence-corrected chi connectivity index (χ4v) is 2.18. The Morgan fingerprint density at radius 1 is 1.75 bits per heavy atom. The highest BCUT2D eigenvalue weighted by Crippen LogP contribution is 2.22. The highest BCUT2D eigenvalue weighted by atomic mass is 35.5. The minimum Gasteiger partial charge on any atom is -0.305 e. The predicted octanol–water partition coefficient (Wildman–Crippen LogP) is 1.74. The number of aromatic nitrogens is 1. The lowest BCUT2D eigenvalue weighted by Gasteiger charge is -2.09. The van der Waals surface area contributed by atoms with E-state index in [2.05, 4.69) is 21.8 Å². The van der Waals surface area contributed by atoms with Gasteiger partial charge in [0.2, 0.25) is 0 Å². The summed E-state index contributed by atoms with van der Waals surface area (Å²) >= 11 is 7.41. The van der Waals surface area contributed by atoms with Gasteiger partial charge in [-0.2, -0.15) is 0 Å². The van der Waals surface area contributed by atoms with Gasteiger partial charge >= 0.3 is 0 Å². The van der Waals surface area contributed by atoms with Crippen LogP contribution in [0.15, 0.2) is 17.0 Å². The van der Waals surface area contributed by atoms with Crippen molar-refractivity contribution in [3.63, 3.8) is 0 Å². The minimum absolute atomic E-state index is 0.286. The van der Waals surface area contributed by atoms with E-state index < -0.39 is 0 Å². The summed E-state index contributed by atoms with van der Waals surface area (Å²) in [6, 6.07) is 0.286. The molecule has 0 aliphatic carbocycles. The Balaban J connectivity index is 2.23. The molecule has 4 heteroatoms. The summed E-state index contributed by atoms with van der Waals surface area (Å²) < 4.78 is 0. The van der Waals surface area contributed by atoms with Crippen LogP contribution in [0, 0.1) is 0 Å². The van der Waals surface area contributed by atoms with E-state index >= 15 is 0 Å². The van der Waals surface area contributed by atoms with Gasteiger partial charge in [0.1, 0.15) is 0 Å². The molecule has 2 rings (SSSR count). The van der Waals surface area contributed by atoms with Crippen molar-refractivity contribution in [1.82, 2.24) is 10.3 Å². The first-order valence-corrected chi connectivity index (χ1v) is 5.27. The third-order valence-electron chi connectivity index (χ3n) is 1.94. The first kappa shape index (κ1) is 8.23. The number of nitrogens with zero attached hydrogens (tertiary/aromatic N) is 1. The smallest absolute Gasteiger partial charge is 0.0798 e. The van der Waals surface area contributed by atoms with Crippen LogP contribution >= 0.6 is 22.9 Å². The average Bonchev–Trinajstić information content (AvgIpc) is 2.74. The van der Waals surface area contributed by atoms with Crippen LogP contribution in [-0.2, 0) is 0 Å². The number of nitrogens with one attached hydrogen (secondary N) is 1. The average molecular weight is 201 g/mol. The third kappa shape index (κ3) is 1.40. The van der Waals surface area contributed by atoms with Crippen molar-refractivity contribution in [2.75, 3.05) is 12.4 Å². The predicted molar refractivity (Wildman–Crippen MR) is 52.6 cm³/mol. The van der Waals surface area contributed by atoms with Gasteiger partial charge < -0.3 is 5.32 Å². The quantitative estimate of drug-likeness (QED) is 0.736. The van der Waals surface area contributed by atoms with Crippen molar-refractivity contribution in [3.05, 3.63) is 22.7 Å². The molecular formula is C8H9ClN2S. The van der Waals surface area contributed by atoms with E-state index in [-0.39, 0.29) is 6.04 Å². The fourth-order valence-electron chi connectivity index (χ4n) is 1.34. The molecule has 0 radical (unpaired) electrons. The molecule has 0 amide bonds. The number of rotatable bonds is 2. The molecule has 1 atom stereocenters. The van der Waals surface area contributed by atoms with Crippen molar-refractivity contribution < 1.29 is 0 Å². The molecule has 0 fully saturated rings. The van der Waals surface area contributed by atoms with Crippen LogP contribution in [0.1, 0.15) is 5.69 Å². The highest BCUT2D eigenvalue weighted by Gasteiger charge is 2.19. The number of alkyl halides is 1. The third-order valence-corrected chi connectivity index (χ3v) is 2.84. The normalized spacial score (nSPS) is 22.8. The molecule has 0 bridgehead atoms. The summed E-state index contributed by atoms with van der Waals surface area (Å²) in [5.41, 5.74) is 4.15. The Bertz CT molecular complexity index is 281. The van der Waals surface area contributed by atoms with E-state index in [1.165, 1.54) is 5.57 Å². The van der Waals surface area contributed by atoms with E-state index in [1.54, 1.807) is 11.3 Å². The maximum absolute atomic E-state index is 5.79. The first-order chi connectivity index (χ1) is 5.92. The molecule has 0 saturated heterocycles. The zero-order valence-corrected chi connectivity index (χ0v) is 8.03. The number of hydrogen-bond acceptors (Lipinski definition) is 3. The molecule has 0 saturated carbocycles. The van der Waals surface area contributed by atoms with Crippen molar-refractivity contribution in [2.24, 2.45) is 0 Å². The molecule has 0 unspecified atom stereocenters. The topological polar surface area (TPSA) is 24.9 Å². The lowest BCUT2D eigenvalue weighted by atomic mass is 10.1. The van der Waals surface area contributed by atoms with Gasteiger partial charge in [-0.25, -0.2) is 4.98 Å². The molecule has 64 valence electrons. The van der Waals surface area contributed by atoms with Crippen LogP contribution in [0.25, 0.3) is 5.57 Å². The van der Waals surface area contributed by atoms with Gasteiger partial charge in [0.15, 0.2) is 0 Å². The zero-order valence-electron chi connectivity index (χ0n) is 6.46. The maximum Gasteiger partial charge on any atom is 0.0798 e. The number of thiazole rings is 1. The molecule has 2 nitrogen and oxygen atoms in total. The summed E-state index contributed by atoms with van der Waals surface area (Å²) in [5, 5.41) is 5.34. The van der Waals surface area contributed by atoms with Gasteiger partial charge in [-0.05, 0) is 5.57 Å². The van der Waals surface area contributed by atoms with Crippen LogP contribution in [-0.4, -0.2) is 23.5 Å². The van der Waals surface area contributed by atoms with E-state index in [9.17, 15) is 0 Å². The Hall–Kier alpha value is -0.380. The molecule has 2 heterocycles. The van der Waals surface area contributed by atoms with Crippen LogP contribution in [0.3, 0.4) is 0 Å². The van der Waals surface area contributed by atoms with Crippen molar-refractivity contribution in [2.45, 2.75) is 6.04 Å². The van der Waals surface area contributed by atoms with Gasteiger partial charge in [-0.1, -0.05) is 6.08 Å². The summed E-state index contributed by atoms with van der Waals surface area (Å²) in [6.07, 6.45) is 2.15. The summed E-state index contributed by atoms with van der Waals surface area (Å²) in [5.74, 6) is 0.614. The second-order valence-corrected chi connectivity index (χ2v) is 3.68. The number of hydrogen-bond donors (Lipinski definition) is 1. The molecule has 1 aliphatic heterocycles. The molecule has 1 aliphatic rings. The van der Waals surface area contributed by atoms with E-state index in [1.807, 2.05) is 5.51 Å². The molecule has 1 N–H and O–H groups in total. The van der Waals surface area contributed by atoms with Crippen LogP contribution in [0.4, 0.5) is 0 Å². The van der Waals surface area contributed by atoms with E-state index in [0.717, 1.165) is 12.2 Å². The summed E-state index contributed by atoms with van der Waals surface area (Å²) in [6.45, 7) is 0.907. The molecule has 1 aromatic heterocycles. The molecular weight excluding hydrogens is 192 g/mol. The van der Waals surface area contributed by atoms with Gasteiger partial charge in [0, 0.05) is 23.8 Å². The first-order valence-electron chi connectivity index (χ1n) is 3.80. The van der Waals surface area contributed by atoms with Crippen LogP contribution < -0.4 is 5.32 Å². The maximum atomic E-state index is 5.79. The SMILES string of the molecule is ClC[C@H]1NCC=C1c1cscn1. The largest absolute Gasteiger partial charge is 0.305 e. The standard InChI is InChI=1S/C8H9ClN2S/c9-3-7-6(1-2-10-7)8-4-12-5-11-8/h1,4-5,7,10H,2-3H2/t7-/m1/s1. The Labute approximate surface area is 80.3 Å². The van der Waals surface area contributed by atoms with E-state index in [0.29, 0.717) is 5.88 Å². The summed E-state index contributed by atoms with van der Waals surface area (Å²) in [4.78, 5) is 4.25. The zero-order chi connectivity index (χ0) is 8.39. The lowest BCUT2D eigenvalue weighted by molar-refractivity contribution is 0.740. The lowest BCUT2D eigenvalue weighted by Crippen LogP contribution is -2.26. The van der Waals surface area contributed by atoms with Gasteiger partial charge in [0.25, 0.3) is 0 Å². The molecule has 1 aromatic rings. The fraction of sp³-hybridized carbons (Fsp3) is 0.375. The Morgan fingerprint density at radius 2 is 2.67 bits per heavy atom. The monoisotopic (exact) mass is 200 g/mol. The Morgan fingerprint density at radius 3 is 3.33 bits per heavy atom. The second-order valence-electron chi connectivity index (χ2n) is 2.65. The van der Waals surface area contributed by atoms with E-state index in [4.69, 9.17) is 11.6 Å². The van der Waals surface area contributed by atoms with Crippen LogP contribution in [0.2, 0.25) is 0 Å². The minimum atomic E-state index is 0.286. The van der Waals surface area contributed by atoms with Gasteiger partial charge in [-0.3, -0.25) is 0 Å². The van der Waals surface area contributed by atoms with Crippen molar-refractivity contribution >= 4 is 28.5 Å². The molecule has 0 spiro atoms. The van der Waals surface area contributed by atoms with Gasteiger partial charge in [0.05, 0.1) is 11.2 Å². The van der Waals surface area contributed by atoms with Gasteiger partial charge in [-0.15, -0.1) is 22.9 Å².